The summed E-state index contributed by atoms with van der Waals surface area (Å²) in [6.45, 7) is 0.468. The number of anilines is 1. The van der Waals surface area contributed by atoms with E-state index in [1.807, 2.05) is 24.3 Å². The maximum atomic E-state index is 12.8. The minimum absolute atomic E-state index is 0.180. The number of nitrogens with two attached hydrogens (primary N) is 1. The highest BCUT2D eigenvalue weighted by atomic mass is 19.1. The molecular formula is C15H15FN2O. The Balaban J connectivity index is 2.20. The summed E-state index contributed by atoms with van der Waals surface area (Å²) in [7, 11) is 1.68. The monoisotopic (exact) mass is 258 g/mol. The minimum atomic E-state index is -0.355. The molecule has 0 spiro atoms. The average Bonchev–Trinajstić information content (AvgIpc) is 2.46. The van der Waals surface area contributed by atoms with Gasteiger partial charge >= 0.3 is 0 Å². The molecule has 0 unspecified atom stereocenters. The van der Waals surface area contributed by atoms with Gasteiger partial charge in [0, 0.05) is 24.8 Å². The van der Waals surface area contributed by atoms with Crippen LogP contribution in [0.5, 0.6) is 0 Å². The summed E-state index contributed by atoms with van der Waals surface area (Å²) in [6.07, 6.45) is 0. The summed E-state index contributed by atoms with van der Waals surface area (Å²) >= 11 is 0. The molecule has 0 aliphatic rings. The molecule has 1 amide bonds. The fourth-order valence-electron chi connectivity index (χ4n) is 1.76. The van der Waals surface area contributed by atoms with Gasteiger partial charge in [0.2, 0.25) is 0 Å². The predicted octanol–water partition coefficient (Wildman–Crippen LogP) is 2.56. The van der Waals surface area contributed by atoms with E-state index in [2.05, 4.69) is 0 Å². The Hall–Kier alpha value is -2.20. The SMILES string of the molecule is CN(C(=O)c1ccc(F)cc1)c1ccc(CN)cc1. The van der Waals surface area contributed by atoms with Crippen LogP contribution < -0.4 is 10.6 Å². The van der Waals surface area contributed by atoms with E-state index in [-0.39, 0.29) is 11.7 Å². The first-order chi connectivity index (χ1) is 9.11. The molecule has 0 aromatic heterocycles. The number of benzene rings is 2. The van der Waals surface area contributed by atoms with E-state index in [0.29, 0.717) is 12.1 Å². The van der Waals surface area contributed by atoms with Crippen LogP contribution in [0.25, 0.3) is 0 Å². The lowest BCUT2D eigenvalue weighted by Crippen LogP contribution is -2.26. The molecule has 2 N–H and O–H groups in total. The smallest absolute Gasteiger partial charge is 0.258 e. The molecule has 4 heteroatoms. The molecule has 2 rings (SSSR count). The van der Waals surface area contributed by atoms with Crippen LogP contribution in [0.3, 0.4) is 0 Å². The summed E-state index contributed by atoms with van der Waals surface area (Å²) in [5.74, 6) is -0.535. The molecule has 0 atom stereocenters. The fraction of sp³-hybridized carbons (Fsp3) is 0.133. The van der Waals surface area contributed by atoms with Crippen LogP contribution in [0.4, 0.5) is 10.1 Å². The average molecular weight is 258 g/mol. The molecule has 19 heavy (non-hydrogen) atoms. The van der Waals surface area contributed by atoms with Crippen LogP contribution in [0.15, 0.2) is 48.5 Å². The summed E-state index contributed by atoms with van der Waals surface area (Å²) in [6, 6.07) is 12.9. The van der Waals surface area contributed by atoms with E-state index in [1.54, 1.807) is 7.05 Å². The zero-order valence-electron chi connectivity index (χ0n) is 10.6. The number of hydrogen-bond acceptors (Lipinski definition) is 2. The highest BCUT2D eigenvalue weighted by Crippen LogP contribution is 2.16. The van der Waals surface area contributed by atoms with Gasteiger partial charge in [-0.05, 0) is 42.0 Å². The Bertz CT molecular complexity index is 564. The van der Waals surface area contributed by atoms with Gasteiger partial charge in [-0.25, -0.2) is 4.39 Å². The second-order valence-electron chi connectivity index (χ2n) is 4.24. The van der Waals surface area contributed by atoms with Crippen molar-refractivity contribution < 1.29 is 9.18 Å². The van der Waals surface area contributed by atoms with Crippen molar-refractivity contribution in [2.24, 2.45) is 5.73 Å². The molecular weight excluding hydrogens is 243 g/mol. The van der Waals surface area contributed by atoms with Gasteiger partial charge in [-0.1, -0.05) is 12.1 Å². The number of amides is 1. The third-order valence-corrected chi connectivity index (χ3v) is 2.96. The zero-order chi connectivity index (χ0) is 13.8. The van der Waals surface area contributed by atoms with Crippen molar-refractivity contribution in [3.05, 3.63) is 65.5 Å². The summed E-state index contributed by atoms with van der Waals surface area (Å²) in [4.78, 5) is 13.7. The third kappa shape index (κ3) is 2.98. The molecule has 0 heterocycles. The van der Waals surface area contributed by atoms with Crippen molar-refractivity contribution in [3.8, 4) is 0 Å². The van der Waals surface area contributed by atoms with Crippen LogP contribution >= 0.6 is 0 Å². The lowest BCUT2D eigenvalue weighted by molar-refractivity contribution is 0.0993. The van der Waals surface area contributed by atoms with Crippen molar-refractivity contribution >= 4 is 11.6 Å². The molecule has 2 aromatic carbocycles. The van der Waals surface area contributed by atoms with E-state index in [4.69, 9.17) is 5.73 Å². The molecule has 0 aliphatic carbocycles. The lowest BCUT2D eigenvalue weighted by Gasteiger charge is -2.17. The van der Waals surface area contributed by atoms with E-state index >= 15 is 0 Å². The number of carbonyl (C=O) groups excluding carboxylic acids is 1. The summed E-state index contributed by atoms with van der Waals surface area (Å²) in [5, 5.41) is 0. The highest BCUT2D eigenvalue weighted by Gasteiger charge is 2.13. The van der Waals surface area contributed by atoms with Crippen molar-refractivity contribution in [1.29, 1.82) is 0 Å². The Morgan fingerprint density at radius 3 is 2.21 bits per heavy atom. The summed E-state index contributed by atoms with van der Waals surface area (Å²) < 4.78 is 12.8. The van der Waals surface area contributed by atoms with Gasteiger partial charge in [-0.3, -0.25) is 4.79 Å². The Morgan fingerprint density at radius 2 is 1.68 bits per heavy atom. The van der Waals surface area contributed by atoms with Crippen LogP contribution in [0.2, 0.25) is 0 Å². The highest BCUT2D eigenvalue weighted by molar-refractivity contribution is 6.05. The standard InChI is InChI=1S/C15H15FN2O/c1-18(14-8-2-11(10-17)3-9-14)15(19)12-4-6-13(16)7-5-12/h2-9H,10,17H2,1H3. The number of rotatable bonds is 3. The lowest BCUT2D eigenvalue weighted by atomic mass is 10.1. The van der Waals surface area contributed by atoms with Crippen molar-refractivity contribution in [3.63, 3.8) is 0 Å². The molecule has 0 radical (unpaired) electrons. The largest absolute Gasteiger partial charge is 0.326 e. The van der Waals surface area contributed by atoms with Crippen molar-refractivity contribution in [1.82, 2.24) is 0 Å². The second kappa shape index (κ2) is 5.63. The van der Waals surface area contributed by atoms with Gasteiger partial charge in [0.25, 0.3) is 5.91 Å². The van der Waals surface area contributed by atoms with E-state index < -0.39 is 0 Å². The molecule has 0 fully saturated rings. The Kier molecular flexibility index (Phi) is 3.92. The van der Waals surface area contributed by atoms with Gasteiger partial charge in [-0.2, -0.15) is 0 Å². The van der Waals surface area contributed by atoms with Crippen molar-refractivity contribution in [2.75, 3.05) is 11.9 Å². The molecule has 0 saturated carbocycles. The molecule has 0 saturated heterocycles. The maximum Gasteiger partial charge on any atom is 0.258 e. The molecule has 2 aromatic rings. The maximum absolute atomic E-state index is 12.8. The predicted molar refractivity (Wildman–Crippen MR) is 73.5 cm³/mol. The van der Waals surface area contributed by atoms with Crippen LogP contribution in [0, 0.1) is 5.82 Å². The first-order valence-corrected chi connectivity index (χ1v) is 5.94. The number of nitrogens with zero attached hydrogens (tertiary/aromatic N) is 1. The molecule has 0 bridgehead atoms. The number of hydrogen-bond donors (Lipinski definition) is 1. The van der Waals surface area contributed by atoms with E-state index in [9.17, 15) is 9.18 Å². The van der Waals surface area contributed by atoms with Gasteiger partial charge in [0.1, 0.15) is 5.82 Å². The van der Waals surface area contributed by atoms with E-state index in [1.165, 1.54) is 29.2 Å². The number of carbonyl (C=O) groups is 1. The number of halogens is 1. The van der Waals surface area contributed by atoms with Gasteiger partial charge in [0.05, 0.1) is 0 Å². The Labute approximate surface area is 111 Å². The first kappa shape index (κ1) is 13.2. The van der Waals surface area contributed by atoms with Gasteiger partial charge in [-0.15, -0.1) is 0 Å². The quantitative estimate of drug-likeness (QED) is 0.919. The second-order valence-corrected chi connectivity index (χ2v) is 4.24. The minimum Gasteiger partial charge on any atom is -0.326 e. The fourth-order valence-corrected chi connectivity index (χ4v) is 1.76. The molecule has 98 valence electrons. The zero-order valence-corrected chi connectivity index (χ0v) is 10.6. The first-order valence-electron chi connectivity index (χ1n) is 5.94. The van der Waals surface area contributed by atoms with Crippen LogP contribution in [-0.4, -0.2) is 13.0 Å². The molecule has 3 nitrogen and oxygen atoms in total. The molecule has 0 aliphatic heterocycles. The van der Waals surface area contributed by atoms with Crippen LogP contribution in [0.1, 0.15) is 15.9 Å². The Morgan fingerprint density at radius 1 is 1.11 bits per heavy atom. The van der Waals surface area contributed by atoms with E-state index in [0.717, 1.165) is 11.3 Å². The van der Waals surface area contributed by atoms with Crippen molar-refractivity contribution in [2.45, 2.75) is 6.54 Å². The van der Waals surface area contributed by atoms with Gasteiger partial charge in [0.15, 0.2) is 0 Å². The third-order valence-electron chi connectivity index (χ3n) is 2.96. The van der Waals surface area contributed by atoms with Gasteiger partial charge < -0.3 is 10.6 Å². The summed E-state index contributed by atoms with van der Waals surface area (Å²) in [5.41, 5.74) is 7.75. The van der Waals surface area contributed by atoms with Crippen LogP contribution in [-0.2, 0) is 6.54 Å². The normalized spacial score (nSPS) is 10.3. The topological polar surface area (TPSA) is 46.3 Å².